The fourth-order valence-corrected chi connectivity index (χ4v) is 4.32. The maximum atomic E-state index is 13.1. The Kier molecular flexibility index (Phi) is 7.48. The lowest BCUT2D eigenvalue weighted by Gasteiger charge is -2.11. The molecule has 0 atom stereocenters. The van der Waals surface area contributed by atoms with Crippen LogP contribution in [0.5, 0.6) is 5.75 Å². The summed E-state index contributed by atoms with van der Waals surface area (Å²) in [6.45, 7) is 2.18. The lowest BCUT2D eigenvalue weighted by Crippen LogP contribution is -2.28. The van der Waals surface area contributed by atoms with Gasteiger partial charge in [-0.05, 0) is 89.3 Å². The Hall–Kier alpha value is -2.40. The number of carbonyl (C=O) groups excluding carboxylic acids is 2. The Labute approximate surface area is 191 Å². The molecule has 0 radical (unpaired) electrons. The number of thioether (sulfide) groups is 1. The fraction of sp³-hybridized carbons (Fsp3) is 0.190. The monoisotopic (exact) mass is 540 g/mol. The van der Waals surface area contributed by atoms with E-state index in [0.717, 1.165) is 9.13 Å². The summed E-state index contributed by atoms with van der Waals surface area (Å²) in [5.41, 5.74) is 1.40. The molecule has 9 heteroatoms. The Bertz CT molecular complexity index is 1020. The highest BCUT2D eigenvalue weighted by Crippen LogP contribution is 2.34. The maximum Gasteiger partial charge on any atom is 0.343 e. The van der Waals surface area contributed by atoms with Gasteiger partial charge in [0.25, 0.3) is 5.91 Å². The van der Waals surface area contributed by atoms with Crippen LogP contribution in [0.2, 0.25) is 0 Å². The zero-order chi connectivity index (χ0) is 21.7. The molecule has 1 aliphatic rings. The number of carbonyl (C=O) groups is 2. The third-order valence-electron chi connectivity index (χ3n) is 4.08. The number of hydrogen-bond donors (Lipinski definition) is 0. The number of methoxy groups -OCH3 is 1. The average molecular weight is 540 g/mol. The van der Waals surface area contributed by atoms with Crippen LogP contribution in [0.3, 0.4) is 0 Å². The minimum atomic E-state index is -0.461. The number of hydrogen-bond acceptors (Lipinski definition) is 6. The van der Waals surface area contributed by atoms with E-state index in [-0.39, 0.29) is 18.3 Å². The molecule has 1 amide bonds. The number of likely N-dealkylation sites (N-methyl/N-ethyl adjacent to an activating group) is 1. The smallest absolute Gasteiger partial charge is 0.343 e. The molecule has 1 saturated heterocycles. The second kappa shape index (κ2) is 10.1. The summed E-state index contributed by atoms with van der Waals surface area (Å²) in [4.78, 5) is 30.6. The number of rotatable bonds is 6. The van der Waals surface area contributed by atoms with Gasteiger partial charge in [0.15, 0.2) is 11.8 Å². The van der Waals surface area contributed by atoms with Crippen LogP contribution in [0.1, 0.15) is 12.5 Å². The minimum Gasteiger partial charge on any atom is -0.481 e. The highest BCUT2D eigenvalue weighted by Gasteiger charge is 2.32. The summed E-state index contributed by atoms with van der Waals surface area (Å²) >= 11 is 3.38. The lowest BCUT2D eigenvalue weighted by molar-refractivity contribution is -0.142. The van der Waals surface area contributed by atoms with E-state index in [0.29, 0.717) is 28.1 Å². The fourth-order valence-electron chi connectivity index (χ4n) is 2.57. The van der Waals surface area contributed by atoms with Gasteiger partial charge >= 0.3 is 5.97 Å². The van der Waals surface area contributed by atoms with Crippen LogP contribution in [-0.2, 0) is 14.3 Å². The number of esters is 1. The first-order valence-corrected chi connectivity index (χ1v) is 10.9. The van der Waals surface area contributed by atoms with Gasteiger partial charge in [-0.25, -0.2) is 14.2 Å². The molecular formula is C21H18FIN2O4S. The molecule has 6 nitrogen and oxygen atoms in total. The standard InChI is InChI=1S/C21H18FIN2O4S/c1-3-25-20(27)18(30-21(25)24-15-7-5-14(22)6-8-15)11-13-4-9-17(16(23)10-13)29-12-19(26)28-2/h4-11H,3,12H2,1-2H3/b18-11+,24-21?. The molecule has 3 rings (SSSR count). The van der Waals surface area contributed by atoms with Crippen molar-refractivity contribution in [3.8, 4) is 5.75 Å². The summed E-state index contributed by atoms with van der Waals surface area (Å²) < 4.78 is 23.9. The molecule has 1 heterocycles. The number of halogens is 2. The minimum absolute atomic E-state index is 0.135. The van der Waals surface area contributed by atoms with Crippen LogP contribution < -0.4 is 4.74 Å². The third-order valence-corrected chi connectivity index (χ3v) is 5.93. The van der Waals surface area contributed by atoms with Crippen molar-refractivity contribution >= 4 is 63.2 Å². The number of amides is 1. The number of ether oxygens (including phenoxy) is 2. The quantitative estimate of drug-likeness (QED) is 0.304. The van der Waals surface area contributed by atoms with E-state index in [4.69, 9.17) is 4.74 Å². The highest BCUT2D eigenvalue weighted by molar-refractivity contribution is 14.1. The van der Waals surface area contributed by atoms with Gasteiger partial charge in [0.1, 0.15) is 11.6 Å². The predicted octanol–water partition coefficient (Wildman–Crippen LogP) is 4.61. The Morgan fingerprint density at radius 2 is 2.00 bits per heavy atom. The van der Waals surface area contributed by atoms with Gasteiger partial charge in [-0.2, -0.15) is 0 Å². The van der Waals surface area contributed by atoms with Gasteiger partial charge in [-0.3, -0.25) is 9.69 Å². The summed E-state index contributed by atoms with van der Waals surface area (Å²) in [5.74, 6) is -0.375. The first kappa shape index (κ1) is 22.3. The molecule has 0 saturated carbocycles. The first-order valence-electron chi connectivity index (χ1n) is 8.96. The van der Waals surface area contributed by atoms with E-state index in [9.17, 15) is 14.0 Å². The van der Waals surface area contributed by atoms with Gasteiger partial charge in [-0.1, -0.05) is 6.07 Å². The summed E-state index contributed by atoms with van der Waals surface area (Å²) in [7, 11) is 1.30. The first-order chi connectivity index (χ1) is 14.4. The van der Waals surface area contributed by atoms with Gasteiger partial charge < -0.3 is 9.47 Å². The largest absolute Gasteiger partial charge is 0.481 e. The number of amidine groups is 1. The summed E-state index contributed by atoms with van der Waals surface area (Å²) in [6.07, 6.45) is 1.79. The van der Waals surface area contributed by atoms with Gasteiger partial charge in [-0.15, -0.1) is 0 Å². The van der Waals surface area contributed by atoms with Crippen molar-refractivity contribution in [3.63, 3.8) is 0 Å². The van der Waals surface area contributed by atoms with Crippen LogP contribution in [0.4, 0.5) is 10.1 Å². The molecule has 0 spiro atoms. The van der Waals surface area contributed by atoms with Crippen LogP contribution in [0, 0.1) is 9.39 Å². The Morgan fingerprint density at radius 1 is 1.27 bits per heavy atom. The summed E-state index contributed by atoms with van der Waals surface area (Å²) in [5, 5.41) is 0.549. The van der Waals surface area contributed by atoms with Crippen LogP contribution in [0.25, 0.3) is 6.08 Å². The summed E-state index contributed by atoms with van der Waals surface area (Å²) in [6, 6.07) is 11.2. The van der Waals surface area contributed by atoms with Gasteiger partial charge in [0.05, 0.1) is 21.3 Å². The van der Waals surface area contributed by atoms with E-state index < -0.39 is 5.97 Å². The zero-order valence-electron chi connectivity index (χ0n) is 16.2. The number of benzene rings is 2. The molecule has 0 aliphatic carbocycles. The van der Waals surface area contributed by atoms with Crippen LogP contribution >= 0.6 is 34.4 Å². The molecule has 0 aromatic heterocycles. The topological polar surface area (TPSA) is 68.2 Å². The molecule has 0 N–H and O–H groups in total. The van der Waals surface area contributed by atoms with Crippen LogP contribution in [-0.4, -0.2) is 42.2 Å². The van der Waals surface area contributed by atoms with E-state index in [1.54, 1.807) is 35.2 Å². The third kappa shape index (κ3) is 5.39. The maximum absolute atomic E-state index is 13.1. The molecule has 1 aliphatic heterocycles. The molecule has 2 aromatic carbocycles. The van der Waals surface area contributed by atoms with Gasteiger partial charge in [0.2, 0.25) is 0 Å². The van der Waals surface area contributed by atoms with Crippen molar-refractivity contribution in [2.75, 3.05) is 20.3 Å². The van der Waals surface area contributed by atoms with Gasteiger partial charge in [0, 0.05) is 6.54 Å². The van der Waals surface area contributed by atoms with Crippen molar-refractivity contribution in [1.29, 1.82) is 0 Å². The normalized spacial score (nSPS) is 16.4. The molecule has 1 fully saturated rings. The van der Waals surface area contributed by atoms with Crippen LogP contribution in [0.15, 0.2) is 52.4 Å². The molecule has 30 heavy (non-hydrogen) atoms. The van der Waals surface area contributed by atoms with E-state index in [1.165, 1.54) is 31.0 Å². The SMILES string of the molecule is CCN1C(=O)/C(=C\c2ccc(OCC(=O)OC)c(I)c2)SC1=Nc1ccc(F)cc1. The second-order valence-corrected chi connectivity index (χ2v) is 8.26. The molecular weight excluding hydrogens is 522 g/mol. The Morgan fingerprint density at radius 3 is 2.63 bits per heavy atom. The second-order valence-electron chi connectivity index (χ2n) is 6.09. The molecule has 0 unspecified atom stereocenters. The van der Waals surface area contributed by atoms with E-state index in [2.05, 4.69) is 32.3 Å². The molecule has 156 valence electrons. The average Bonchev–Trinajstić information content (AvgIpc) is 3.02. The predicted molar refractivity (Wildman–Crippen MR) is 123 cm³/mol. The van der Waals surface area contributed by atoms with E-state index >= 15 is 0 Å². The highest BCUT2D eigenvalue weighted by atomic mass is 127. The Balaban J connectivity index is 1.81. The molecule has 2 aromatic rings. The zero-order valence-corrected chi connectivity index (χ0v) is 19.2. The number of nitrogens with zero attached hydrogens (tertiary/aromatic N) is 2. The number of aliphatic imine (C=N–C) groups is 1. The lowest BCUT2D eigenvalue weighted by atomic mass is 10.2. The molecule has 0 bridgehead atoms. The van der Waals surface area contributed by atoms with Crippen molar-refractivity contribution in [2.45, 2.75) is 6.92 Å². The van der Waals surface area contributed by atoms with E-state index in [1.807, 2.05) is 13.0 Å². The van der Waals surface area contributed by atoms with Crippen molar-refractivity contribution < 1.29 is 23.5 Å². The van der Waals surface area contributed by atoms with Crippen molar-refractivity contribution in [3.05, 3.63) is 62.3 Å². The van der Waals surface area contributed by atoms with Crippen molar-refractivity contribution in [2.24, 2.45) is 4.99 Å². The van der Waals surface area contributed by atoms with Crippen molar-refractivity contribution in [1.82, 2.24) is 4.90 Å².